The summed E-state index contributed by atoms with van der Waals surface area (Å²) in [6.45, 7) is 0. The summed E-state index contributed by atoms with van der Waals surface area (Å²) in [6, 6.07) is 12.0. The molecule has 0 unspecified atom stereocenters. The van der Waals surface area contributed by atoms with Crippen LogP contribution in [0, 0.1) is 3.57 Å². The molecule has 0 aliphatic heterocycles. The number of nitrogens with one attached hydrogen (secondary N) is 2. The largest absolute Gasteiger partial charge is 0.497 e. The number of carbonyl (C=O) groups is 2. The molecule has 0 aromatic heterocycles. The van der Waals surface area contributed by atoms with Gasteiger partial charge >= 0.3 is 11.8 Å². The molecule has 0 radical (unpaired) electrons. The average molecular weight is 426 g/mol. The summed E-state index contributed by atoms with van der Waals surface area (Å²) in [6.07, 6.45) is 0. The lowest BCUT2D eigenvalue weighted by molar-refractivity contribution is -0.133. The highest BCUT2D eigenvalue weighted by Gasteiger charge is 2.16. The number of hydrogen-bond acceptors (Lipinski definition) is 4. The van der Waals surface area contributed by atoms with Crippen molar-refractivity contribution in [3.05, 3.63) is 46.0 Å². The molecule has 0 aliphatic rings. The molecule has 0 bridgehead atoms. The molecule has 6 nitrogen and oxygen atoms in total. The zero-order chi connectivity index (χ0) is 16.8. The van der Waals surface area contributed by atoms with Crippen molar-refractivity contribution in [1.29, 1.82) is 0 Å². The lowest BCUT2D eigenvalue weighted by atomic mass is 10.2. The summed E-state index contributed by atoms with van der Waals surface area (Å²) >= 11 is 2.16. The molecule has 2 rings (SSSR count). The molecule has 0 spiro atoms. The predicted molar refractivity (Wildman–Crippen MR) is 96.0 cm³/mol. The Labute approximate surface area is 147 Å². The van der Waals surface area contributed by atoms with Crippen molar-refractivity contribution in [3.63, 3.8) is 0 Å². The van der Waals surface area contributed by atoms with E-state index in [4.69, 9.17) is 9.47 Å². The van der Waals surface area contributed by atoms with Crippen molar-refractivity contribution in [2.45, 2.75) is 0 Å². The number of rotatable bonds is 4. The third-order valence-electron chi connectivity index (χ3n) is 2.97. The molecule has 2 aromatic rings. The third-order valence-corrected chi connectivity index (χ3v) is 3.68. The van der Waals surface area contributed by atoms with Crippen LogP contribution in [0.1, 0.15) is 0 Å². The average Bonchev–Trinajstić information content (AvgIpc) is 2.57. The summed E-state index contributed by atoms with van der Waals surface area (Å²) in [5, 5.41) is 5.04. The van der Waals surface area contributed by atoms with Crippen LogP contribution >= 0.6 is 22.6 Å². The van der Waals surface area contributed by atoms with Crippen LogP contribution in [0.15, 0.2) is 42.5 Å². The Hall–Kier alpha value is -2.29. The molecule has 0 heterocycles. The molecule has 120 valence electrons. The molecular weight excluding hydrogens is 411 g/mol. The number of ether oxygens (including phenoxy) is 2. The van der Waals surface area contributed by atoms with Gasteiger partial charge in [0.05, 0.1) is 19.9 Å². The SMILES string of the molecule is COc1ccc(NC(=O)C(=O)Nc2ccc(I)cc2)c(OC)c1. The number of amides is 2. The molecule has 2 aromatic carbocycles. The third kappa shape index (κ3) is 4.59. The first-order valence-corrected chi connectivity index (χ1v) is 7.71. The van der Waals surface area contributed by atoms with E-state index in [2.05, 4.69) is 33.2 Å². The maximum absolute atomic E-state index is 12.0. The van der Waals surface area contributed by atoms with Crippen LogP contribution < -0.4 is 20.1 Å². The Morgan fingerprint density at radius 3 is 2.17 bits per heavy atom. The number of benzene rings is 2. The second-order valence-corrected chi connectivity index (χ2v) is 5.73. The topological polar surface area (TPSA) is 76.7 Å². The van der Waals surface area contributed by atoms with E-state index in [1.54, 1.807) is 30.3 Å². The molecule has 0 atom stereocenters. The van der Waals surface area contributed by atoms with Gasteiger partial charge in [-0.15, -0.1) is 0 Å². The van der Waals surface area contributed by atoms with E-state index in [0.717, 1.165) is 3.57 Å². The zero-order valence-electron chi connectivity index (χ0n) is 12.6. The van der Waals surface area contributed by atoms with E-state index in [1.165, 1.54) is 14.2 Å². The zero-order valence-corrected chi connectivity index (χ0v) is 14.7. The smallest absolute Gasteiger partial charge is 0.314 e. The second-order valence-electron chi connectivity index (χ2n) is 4.48. The first kappa shape index (κ1) is 17.1. The Bertz CT molecular complexity index is 717. The van der Waals surface area contributed by atoms with Crippen molar-refractivity contribution in [3.8, 4) is 11.5 Å². The van der Waals surface area contributed by atoms with Gasteiger partial charge in [-0.1, -0.05) is 0 Å². The first-order chi connectivity index (χ1) is 11.0. The Morgan fingerprint density at radius 2 is 1.57 bits per heavy atom. The molecule has 0 saturated carbocycles. The summed E-state index contributed by atoms with van der Waals surface area (Å²) in [7, 11) is 3.00. The van der Waals surface area contributed by atoms with Crippen LogP contribution in [0.4, 0.5) is 11.4 Å². The maximum Gasteiger partial charge on any atom is 0.314 e. The Morgan fingerprint density at radius 1 is 0.913 bits per heavy atom. The highest BCUT2D eigenvalue weighted by molar-refractivity contribution is 14.1. The fraction of sp³-hybridized carbons (Fsp3) is 0.125. The van der Waals surface area contributed by atoms with Gasteiger partial charge in [0.15, 0.2) is 0 Å². The monoisotopic (exact) mass is 426 g/mol. The Balaban J connectivity index is 2.06. The van der Waals surface area contributed by atoms with Crippen molar-refractivity contribution in [1.82, 2.24) is 0 Å². The van der Waals surface area contributed by atoms with Gasteiger partial charge in [-0.25, -0.2) is 0 Å². The van der Waals surface area contributed by atoms with E-state index in [1.807, 2.05) is 12.1 Å². The normalized spacial score (nSPS) is 9.87. The quantitative estimate of drug-likeness (QED) is 0.583. The number of carbonyl (C=O) groups excluding carboxylic acids is 2. The second kappa shape index (κ2) is 7.82. The van der Waals surface area contributed by atoms with Crippen LogP contribution in [0.5, 0.6) is 11.5 Å². The molecular formula is C16H15IN2O4. The Kier molecular flexibility index (Phi) is 5.80. The maximum atomic E-state index is 12.0. The number of anilines is 2. The molecule has 2 N–H and O–H groups in total. The van der Waals surface area contributed by atoms with Gasteiger partial charge in [-0.2, -0.15) is 0 Å². The van der Waals surface area contributed by atoms with Gasteiger partial charge in [-0.05, 0) is 59.0 Å². The minimum Gasteiger partial charge on any atom is -0.497 e. The molecule has 2 amide bonds. The van der Waals surface area contributed by atoms with Gasteiger partial charge in [0.1, 0.15) is 11.5 Å². The number of halogens is 1. The van der Waals surface area contributed by atoms with E-state index in [0.29, 0.717) is 22.9 Å². The lowest BCUT2D eigenvalue weighted by Crippen LogP contribution is -2.29. The van der Waals surface area contributed by atoms with Crippen molar-refractivity contribution >= 4 is 45.8 Å². The molecule has 23 heavy (non-hydrogen) atoms. The first-order valence-electron chi connectivity index (χ1n) is 6.63. The predicted octanol–water partition coefficient (Wildman–Crippen LogP) is 2.89. The fourth-order valence-electron chi connectivity index (χ4n) is 1.80. The molecule has 0 aliphatic carbocycles. The van der Waals surface area contributed by atoms with Crippen LogP contribution in [-0.4, -0.2) is 26.0 Å². The van der Waals surface area contributed by atoms with Gasteiger partial charge in [-0.3, -0.25) is 9.59 Å². The number of hydrogen-bond donors (Lipinski definition) is 2. The standard InChI is InChI=1S/C16H15IN2O4/c1-22-12-7-8-13(14(9-12)23-2)19-16(21)15(20)18-11-5-3-10(17)4-6-11/h3-9H,1-2H3,(H,18,20)(H,19,21). The summed E-state index contributed by atoms with van der Waals surface area (Å²) in [5.74, 6) is -0.556. The van der Waals surface area contributed by atoms with Crippen LogP contribution in [-0.2, 0) is 9.59 Å². The highest BCUT2D eigenvalue weighted by Crippen LogP contribution is 2.28. The molecule has 7 heteroatoms. The van der Waals surface area contributed by atoms with Crippen molar-refractivity contribution < 1.29 is 19.1 Å². The van der Waals surface area contributed by atoms with Crippen LogP contribution in [0.25, 0.3) is 0 Å². The summed E-state index contributed by atoms with van der Waals surface area (Å²) in [4.78, 5) is 23.9. The lowest BCUT2D eigenvalue weighted by Gasteiger charge is -2.11. The van der Waals surface area contributed by atoms with E-state index in [-0.39, 0.29) is 0 Å². The van der Waals surface area contributed by atoms with Gasteiger partial charge in [0.2, 0.25) is 0 Å². The fourth-order valence-corrected chi connectivity index (χ4v) is 2.16. The van der Waals surface area contributed by atoms with E-state index in [9.17, 15) is 9.59 Å². The minimum atomic E-state index is -0.785. The molecule has 0 fully saturated rings. The number of methoxy groups -OCH3 is 2. The van der Waals surface area contributed by atoms with Gasteiger partial charge < -0.3 is 20.1 Å². The van der Waals surface area contributed by atoms with Gasteiger partial charge in [0.25, 0.3) is 0 Å². The highest BCUT2D eigenvalue weighted by atomic mass is 127. The van der Waals surface area contributed by atoms with Crippen LogP contribution in [0.2, 0.25) is 0 Å². The summed E-state index contributed by atoms with van der Waals surface area (Å²) < 4.78 is 11.3. The van der Waals surface area contributed by atoms with E-state index < -0.39 is 11.8 Å². The summed E-state index contributed by atoms with van der Waals surface area (Å²) in [5.41, 5.74) is 0.934. The van der Waals surface area contributed by atoms with Crippen LogP contribution in [0.3, 0.4) is 0 Å². The van der Waals surface area contributed by atoms with E-state index >= 15 is 0 Å². The molecule has 0 saturated heterocycles. The van der Waals surface area contributed by atoms with Gasteiger partial charge in [0, 0.05) is 15.3 Å². The van der Waals surface area contributed by atoms with Crippen molar-refractivity contribution in [2.24, 2.45) is 0 Å². The van der Waals surface area contributed by atoms with Crippen molar-refractivity contribution in [2.75, 3.05) is 24.9 Å². The minimum absolute atomic E-state index is 0.385.